The highest BCUT2D eigenvalue weighted by Gasteiger charge is 2.33. The van der Waals surface area contributed by atoms with Gasteiger partial charge >= 0.3 is 5.97 Å². The molecule has 1 saturated heterocycles. The number of hydrogen-bond donors (Lipinski definition) is 4. The van der Waals surface area contributed by atoms with Crippen LogP contribution < -0.4 is 0 Å². The van der Waals surface area contributed by atoms with E-state index in [0.717, 1.165) is 22.7 Å². The number of aromatic hydroxyl groups is 3. The average molecular weight is 327 g/mol. The van der Waals surface area contributed by atoms with Crippen molar-refractivity contribution >= 4 is 46.3 Å². The van der Waals surface area contributed by atoms with E-state index in [0.29, 0.717) is 0 Å². The Bertz CT molecular complexity index is 685. The smallest absolute Gasteiger partial charge is 0.323 e. The molecule has 2 rings (SSSR count). The first kappa shape index (κ1) is 15.1. The lowest BCUT2D eigenvalue weighted by Gasteiger charge is -2.10. The number of hydrogen-bond acceptors (Lipinski definition) is 7. The Morgan fingerprint density at radius 2 is 1.95 bits per heavy atom. The standard InChI is InChI=1S/C12H9NO6S2/c14-6-2-1-5(9(17)10(6)18)3-7-11(19)13(4-8(15)16)12(20)21-7/h1-3,14,17-18H,4H2,(H,15,16)/b7-3-. The molecule has 1 heterocycles. The van der Waals surface area contributed by atoms with Gasteiger partial charge in [-0.2, -0.15) is 0 Å². The van der Waals surface area contributed by atoms with Gasteiger partial charge in [0.2, 0.25) is 5.75 Å². The third-order valence-corrected chi connectivity index (χ3v) is 3.99. The first-order valence-corrected chi connectivity index (χ1v) is 6.74. The first-order valence-electron chi connectivity index (χ1n) is 5.52. The second-order valence-corrected chi connectivity index (χ2v) is 5.71. The van der Waals surface area contributed by atoms with Crippen molar-refractivity contribution in [3.05, 3.63) is 22.6 Å². The number of nitrogens with zero attached hydrogens (tertiary/aromatic N) is 1. The molecule has 0 unspecified atom stereocenters. The van der Waals surface area contributed by atoms with Crippen LogP contribution in [0.1, 0.15) is 5.56 Å². The number of thioether (sulfide) groups is 1. The Morgan fingerprint density at radius 1 is 1.29 bits per heavy atom. The topological polar surface area (TPSA) is 118 Å². The predicted molar refractivity (Wildman–Crippen MR) is 79.0 cm³/mol. The van der Waals surface area contributed by atoms with Crippen molar-refractivity contribution in [2.75, 3.05) is 6.54 Å². The van der Waals surface area contributed by atoms with Crippen LogP contribution in [-0.4, -0.2) is 48.1 Å². The number of amides is 1. The van der Waals surface area contributed by atoms with Gasteiger partial charge < -0.3 is 20.4 Å². The monoisotopic (exact) mass is 327 g/mol. The number of aliphatic carboxylic acids is 1. The van der Waals surface area contributed by atoms with Gasteiger partial charge in [0.1, 0.15) is 10.9 Å². The van der Waals surface area contributed by atoms with Crippen molar-refractivity contribution in [1.82, 2.24) is 4.90 Å². The van der Waals surface area contributed by atoms with Gasteiger partial charge in [-0.1, -0.05) is 24.0 Å². The maximum Gasteiger partial charge on any atom is 0.323 e. The zero-order valence-corrected chi connectivity index (χ0v) is 11.9. The van der Waals surface area contributed by atoms with E-state index in [1.54, 1.807) is 0 Å². The summed E-state index contributed by atoms with van der Waals surface area (Å²) in [6.45, 7) is -0.547. The fourth-order valence-corrected chi connectivity index (χ4v) is 2.86. The largest absolute Gasteiger partial charge is 0.504 e. The van der Waals surface area contributed by atoms with Gasteiger partial charge in [-0.05, 0) is 18.2 Å². The quantitative estimate of drug-likeness (QED) is 0.370. The minimum absolute atomic E-state index is 0.0936. The molecule has 0 saturated carbocycles. The first-order chi connectivity index (χ1) is 9.81. The van der Waals surface area contributed by atoms with E-state index in [1.807, 2.05) is 0 Å². The molecule has 4 N–H and O–H groups in total. The van der Waals surface area contributed by atoms with Crippen LogP contribution in [0.5, 0.6) is 17.2 Å². The highest BCUT2D eigenvalue weighted by Crippen LogP contribution is 2.40. The number of carbonyl (C=O) groups excluding carboxylic acids is 1. The lowest BCUT2D eigenvalue weighted by atomic mass is 10.1. The molecule has 7 nitrogen and oxygen atoms in total. The van der Waals surface area contributed by atoms with Gasteiger partial charge in [-0.25, -0.2) is 0 Å². The second-order valence-electron chi connectivity index (χ2n) is 4.03. The molecule has 0 spiro atoms. The third-order valence-electron chi connectivity index (χ3n) is 2.61. The SMILES string of the molecule is O=C(O)CN1C(=O)/C(=C/c2ccc(O)c(O)c2O)SC1=S. The summed E-state index contributed by atoms with van der Waals surface area (Å²) < 4.78 is 0.0936. The molecule has 1 aliphatic rings. The van der Waals surface area contributed by atoms with Gasteiger partial charge in [0, 0.05) is 5.56 Å². The van der Waals surface area contributed by atoms with Crippen molar-refractivity contribution in [3.8, 4) is 17.2 Å². The highest BCUT2D eigenvalue weighted by molar-refractivity contribution is 8.26. The van der Waals surface area contributed by atoms with Gasteiger partial charge in [-0.3, -0.25) is 14.5 Å². The van der Waals surface area contributed by atoms with Crippen molar-refractivity contribution in [2.45, 2.75) is 0 Å². The van der Waals surface area contributed by atoms with Crippen LogP contribution in [-0.2, 0) is 9.59 Å². The molecular weight excluding hydrogens is 318 g/mol. The third kappa shape index (κ3) is 2.93. The van der Waals surface area contributed by atoms with Gasteiger partial charge in [0.25, 0.3) is 5.91 Å². The van der Waals surface area contributed by atoms with Crippen molar-refractivity contribution < 1.29 is 30.0 Å². The molecule has 1 aromatic rings. The van der Waals surface area contributed by atoms with Gasteiger partial charge in [0.05, 0.1) is 4.91 Å². The molecule has 1 aromatic carbocycles. The maximum atomic E-state index is 12.0. The predicted octanol–water partition coefficient (Wildman–Crippen LogP) is 1.09. The fraction of sp³-hybridized carbons (Fsp3) is 0.0833. The average Bonchev–Trinajstić information content (AvgIpc) is 2.67. The van der Waals surface area contributed by atoms with E-state index >= 15 is 0 Å². The van der Waals surface area contributed by atoms with Crippen LogP contribution in [0.4, 0.5) is 0 Å². The normalized spacial score (nSPS) is 16.8. The number of benzene rings is 1. The minimum Gasteiger partial charge on any atom is -0.504 e. The number of phenols is 3. The summed E-state index contributed by atoms with van der Waals surface area (Å²) in [6, 6.07) is 2.45. The van der Waals surface area contributed by atoms with Crippen LogP contribution in [0.15, 0.2) is 17.0 Å². The Hall–Kier alpha value is -2.26. The Balaban J connectivity index is 2.35. The van der Waals surface area contributed by atoms with Crippen LogP contribution in [0.3, 0.4) is 0 Å². The molecule has 0 aliphatic carbocycles. The van der Waals surface area contributed by atoms with Crippen LogP contribution in [0.2, 0.25) is 0 Å². The van der Waals surface area contributed by atoms with E-state index in [4.69, 9.17) is 17.3 Å². The Labute approximate surface area is 128 Å². The molecular formula is C12H9NO6S2. The Morgan fingerprint density at radius 3 is 2.57 bits per heavy atom. The van der Waals surface area contributed by atoms with Crippen LogP contribution in [0, 0.1) is 0 Å². The van der Waals surface area contributed by atoms with Crippen molar-refractivity contribution in [2.24, 2.45) is 0 Å². The summed E-state index contributed by atoms with van der Waals surface area (Å²) in [4.78, 5) is 23.7. The summed E-state index contributed by atoms with van der Waals surface area (Å²) in [5.41, 5.74) is 0.0983. The lowest BCUT2D eigenvalue weighted by molar-refractivity contribution is -0.140. The van der Waals surface area contributed by atoms with Crippen LogP contribution >= 0.6 is 24.0 Å². The summed E-state index contributed by atoms with van der Waals surface area (Å²) in [7, 11) is 0. The number of carboxylic acid groups (broad SMARTS) is 1. The van der Waals surface area contributed by atoms with Crippen molar-refractivity contribution in [1.29, 1.82) is 0 Å². The number of carbonyl (C=O) groups is 2. The minimum atomic E-state index is -1.20. The molecule has 1 aliphatic heterocycles. The summed E-state index contributed by atoms with van der Waals surface area (Å²) in [5, 5.41) is 37.0. The summed E-state index contributed by atoms with van der Waals surface area (Å²) in [5.74, 6) is -3.58. The molecule has 0 radical (unpaired) electrons. The highest BCUT2D eigenvalue weighted by atomic mass is 32.2. The zero-order chi connectivity index (χ0) is 15.7. The molecule has 0 aromatic heterocycles. The fourth-order valence-electron chi connectivity index (χ4n) is 1.61. The maximum absolute atomic E-state index is 12.0. The van der Waals surface area contributed by atoms with E-state index in [2.05, 4.69) is 0 Å². The van der Waals surface area contributed by atoms with Gasteiger partial charge in [0.15, 0.2) is 11.5 Å². The number of rotatable bonds is 3. The van der Waals surface area contributed by atoms with Gasteiger partial charge in [-0.15, -0.1) is 0 Å². The van der Waals surface area contributed by atoms with Crippen molar-refractivity contribution in [3.63, 3.8) is 0 Å². The Kier molecular flexibility index (Phi) is 4.05. The molecule has 1 fully saturated rings. The summed E-state index contributed by atoms with van der Waals surface area (Å²) >= 11 is 5.81. The number of carboxylic acids is 1. The lowest BCUT2D eigenvalue weighted by Crippen LogP contribution is -2.33. The van der Waals surface area contributed by atoms with E-state index in [-0.39, 0.29) is 14.8 Å². The zero-order valence-electron chi connectivity index (χ0n) is 10.3. The van der Waals surface area contributed by atoms with E-state index in [9.17, 15) is 24.9 Å². The molecule has 1 amide bonds. The molecule has 0 bridgehead atoms. The van der Waals surface area contributed by atoms with E-state index < -0.39 is 35.7 Å². The number of thiocarbonyl (C=S) groups is 1. The molecule has 110 valence electrons. The van der Waals surface area contributed by atoms with E-state index in [1.165, 1.54) is 12.1 Å². The summed E-state index contributed by atoms with van der Waals surface area (Å²) in [6.07, 6.45) is 1.26. The van der Waals surface area contributed by atoms with Crippen LogP contribution in [0.25, 0.3) is 6.08 Å². The molecule has 9 heteroatoms. The molecule has 0 atom stereocenters. The second kappa shape index (κ2) is 5.62. The molecule has 21 heavy (non-hydrogen) atoms. The number of phenolic OH excluding ortho intramolecular Hbond substituents is 3.